The van der Waals surface area contributed by atoms with Crippen molar-refractivity contribution in [3.8, 4) is 0 Å². The number of anilines is 1. The molecule has 1 saturated carbocycles. The van der Waals surface area contributed by atoms with E-state index in [-0.39, 0.29) is 0 Å². The molecule has 0 amide bonds. The first-order valence-corrected chi connectivity index (χ1v) is 7.14. The van der Waals surface area contributed by atoms with Crippen LogP contribution in [-0.2, 0) is 11.3 Å². The Hall–Kier alpha value is -1.14. The Morgan fingerprint density at radius 2 is 2.11 bits per heavy atom. The summed E-state index contributed by atoms with van der Waals surface area (Å²) in [6, 6.07) is 0.536. The molecule has 1 aliphatic carbocycles. The zero-order chi connectivity index (χ0) is 13.3. The van der Waals surface area contributed by atoms with Crippen LogP contribution in [0.15, 0.2) is 4.42 Å². The quantitative estimate of drug-likeness (QED) is 0.700. The molecule has 2 N–H and O–H groups in total. The van der Waals surface area contributed by atoms with E-state index in [2.05, 4.69) is 20.8 Å². The minimum absolute atomic E-state index is 0.536. The van der Waals surface area contributed by atoms with Crippen LogP contribution in [0.2, 0.25) is 0 Å². The smallest absolute Gasteiger partial charge is 0.315 e. The largest absolute Gasteiger partial charge is 0.407 e. The highest BCUT2D eigenvalue weighted by molar-refractivity contribution is 5.16. The van der Waals surface area contributed by atoms with Crippen molar-refractivity contribution in [1.29, 1.82) is 0 Å². The third kappa shape index (κ3) is 5.16. The van der Waals surface area contributed by atoms with E-state index in [1.807, 2.05) is 0 Å². The second-order valence-corrected chi connectivity index (χ2v) is 5.06. The van der Waals surface area contributed by atoms with Crippen LogP contribution in [0.4, 0.5) is 6.01 Å². The summed E-state index contributed by atoms with van der Waals surface area (Å²) in [6.45, 7) is 2.99. The van der Waals surface area contributed by atoms with Gasteiger partial charge in [-0.05, 0) is 18.8 Å². The summed E-state index contributed by atoms with van der Waals surface area (Å²) < 4.78 is 10.5. The third-order valence-corrected chi connectivity index (χ3v) is 3.49. The van der Waals surface area contributed by atoms with Gasteiger partial charge < -0.3 is 19.8 Å². The van der Waals surface area contributed by atoms with Crippen LogP contribution >= 0.6 is 0 Å². The molecule has 1 aliphatic rings. The molecular weight excluding hydrogens is 244 g/mol. The van der Waals surface area contributed by atoms with Gasteiger partial charge in [-0.2, -0.15) is 0 Å². The van der Waals surface area contributed by atoms with Crippen LogP contribution in [-0.4, -0.2) is 37.0 Å². The number of hydrogen-bond donors (Lipinski definition) is 2. The van der Waals surface area contributed by atoms with Crippen LogP contribution in [0, 0.1) is 5.92 Å². The van der Waals surface area contributed by atoms with Gasteiger partial charge in [0.05, 0.1) is 13.2 Å². The number of methoxy groups -OCH3 is 1. The molecule has 6 nitrogen and oxygen atoms in total. The Kier molecular flexibility index (Phi) is 6.10. The fourth-order valence-electron chi connectivity index (χ4n) is 2.39. The minimum Gasteiger partial charge on any atom is -0.407 e. The van der Waals surface area contributed by atoms with Crippen molar-refractivity contribution in [2.45, 2.75) is 38.6 Å². The van der Waals surface area contributed by atoms with Crippen molar-refractivity contribution in [3.05, 3.63) is 5.89 Å². The molecule has 0 unspecified atom stereocenters. The first kappa shape index (κ1) is 14.3. The zero-order valence-corrected chi connectivity index (χ0v) is 11.7. The van der Waals surface area contributed by atoms with E-state index in [0.717, 1.165) is 19.0 Å². The highest BCUT2D eigenvalue weighted by Crippen LogP contribution is 2.23. The van der Waals surface area contributed by atoms with E-state index in [0.29, 0.717) is 25.1 Å². The summed E-state index contributed by atoms with van der Waals surface area (Å²) in [5.41, 5.74) is 0. The van der Waals surface area contributed by atoms with Crippen LogP contribution in [0.3, 0.4) is 0 Å². The molecule has 1 aromatic heterocycles. The van der Waals surface area contributed by atoms with Gasteiger partial charge in [0.2, 0.25) is 5.89 Å². The Labute approximate surface area is 114 Å². The Morgan fingerprint density at radius 1 is 1.26 bits per heavy atom. The SMILES string of the molecule is COCCNCc1nnc(NCC2CCCCC2)o1. The maximum absolute atomic E-state index is 5.52. The van der Waals surface area contributed by atoms with Crippen molar-refractivity contribution in [3.63, 3.8) is 0 Å². The van der Waals surface area contributed by atoms with Gasteiger partial charge in [-0.3, -0.25) is 0 Å². The van der Waals surface area contributed by atoms with Crippen molar-refractivity contribution in [1.82, 2.24) is 15.5 Å². The molecule has 1 fully saturated rings. The van der Waals surface area contributed by atoms with E-state index >= 15 is 0 Å². The molecule has 0 aliphatic heterocycles. The van der Waals surface area contributed by atoms with E-state index in [9.17, 15) is 0 Å². The van der Waals surface area contributed by atoms with E-state index in [1.54, 1.807) is 7.11 Å². The second-order valence-electron chi connectivity index (χ2n) is 5.06. The molecule has 108 valence electrons. The maximum Gasteiger partial charge on any atom is 0.315 e. The number of nitrogens with one attached hydrogen (secondary N) is 2. The van der Waals surface area contributed by atoms with Crippen molar-refractivity contribution >= 4 is 6.01 Å². The highest BCUT2D eigenvalue weighted by Gasteiger charge is 2.14. The van der Waals surface area contributed by atoms with Crippen molar-refractivity contribution in [2.75, 3.05) is 32.1 Å². The van der Waals surface area contributed by atoms with Gasteiger partial charge in [0.15, 0.2) is 0 Å². The molecule has 0 spiro atoms. The fraction of sp³-hybridized carbons (Fsp3) is 0.846. The molecule has 0 atom stereocenters. The lowest BCUT2D eigenvalue weighted by atomic mass is 9.89. The summed E-state index contributed by atoms with van der Waals surface area (Å²) in [5.74, 6) is 1.37. The molecule has 0 saturated heterocycles. The Balaban J connectivity index is 1.65. The summed E-state index contributed by atoms with van der Waals surface area (Å²) in [5, 5.41) is 14.4. The van der Waals surface area contributed by atoms with Gasteiger partial charge in [-0.25, -0.2) is 0 Å². The molecule has 0 aromatic carbocycles. The number of nitrogens with zero attached hydrogens (tertiary/aromatic N) is 2. The van der Waals surface area contributed by atoms with Gasteiger partial charge >= 0.3 is 6.01 Å². The minimum atomic E-state index is 0.536. The van der Waals surface area contributed by atoms with E-state index in [4.69, 9.17) is 9.15 Å². The molecule has 0 radical (unpaired) electrons. The predicted molar refractivity (Wildman–Crippen MR) is 72.9 cm³/mol. The van der Waals surface area contributed by atoms with Crippen LogP contribution in [0.5, 0.6) is 0 Å². The monoisotopic (exact) mass is 268 g/mol. The van der Waals surface area contributed by atoms with Gasteiger partial charge in [0, 0.05) is 20.2 Å². The second kappa shape index (κ2) is 8.12. The van der Waals surface area contributed by atoms with Crippen molar-refractivity contribution in [2.24, 2.45) is 5.92 Å². The summed E-state index contributed by atoms with van der Waals surface area (Å²) in [7, 11) is 1.68. The first-order valence-electron chi connectivity index (χ1n) is 7.14. The predicted octanol–water partition coefficient (Wildman–Crippen LogP) is 1.80. The molecule has 1 aromatic rings. The maximum atomic E-state index is 5.52. The van der Waals surface area contributed by atoms with Gasteiger partial charge in [0.25, 0.3) is 0 Å². The number of rotatable bonds is 8. The molecular formula is C13H24N4O2. The zero-order valence-electron chi connectivity index (χ0n) is 11.7. The topological polar surface area (TPSA) is 72.2 Å². The summed E-state index contributed by atoms with van der Waals surface area (Å²) in [4.78, 5) is 0. The Bertz CT molecular complexity index is 350. The lowest BCUT2D eigenvalue weighted by Crippen LogP contribution is -2.18. The lowest BCUT2D eigenvalue weighted by Gasteiger charge is -2.20. The molecule has 6 heteroatoms. The van der Waals surface area contributed by atoms with Gasteiger partial charge in [0.1, 0.15) is 0 Å². The average Bonchev–Trinajstić information content (AvgIpc) is 2.91. The summed E-state index contributed by atoms with van der Waals surface area (Å²) in [6.07, 6.45) is 6.71. The average molecular weight is 268 g/mol. The standard InChI is InChI=1S/C13H24N4O2/c1-18-8-7-14-10-12-16-17-13(19-12)15-9-11-5-3-2-4-6-11/h11,14H,2-10H2,1H3,(H,15,17). The number of ether oxygens (including phenoxy) is 1. The lowest BCUT2D eigenvalue weighted by molar-refractivity contribution is 0.198. The first-order chi connectivity index (χ1) is 9.38. The number of aromatic nitrogens is 2. The molecule has 2 rings (SSSR count). The van der Waals surface area contributed by atoms with Crippen molar-refractivity contribution < 1.29 is 9.15 Å². The molecule has 19 heavy (non-hydrogen) atoms. The normalized spacial score (nSPS) is 16.7. The number of hydrogen-bond acceptors (Lipinski definition) is 6. The van der Waals surface area contributed by atoms with Gasteiger partial charge in [-0.1, -0.05) is 24.4 Å². The summed E-state index contributed by atoms with van der Waals surface area (Å²) >= 11 is 0. The highest BCUT2D eigenvalue weighted by atomic mass is 16.5. The Morgan fingerprint density at radius 3 is 2.89 bits per heavy atom. The third-order valence-electron chi connectivity index (χ3n) is 3.49. The molecule has 1 heterocycles. The molecule has 0 bridgehead atoms. The fourth-order valence-corrected chi connectivity index (χ4v) is 2.39. The van der Waals surface area contributed by atoms with Crippen LogP contribution < -0.4 is 10.6 Å². The van der Waals surface area contributed by atoms with Gasteiger partial charge in [-0.15, -0.1) is 5.10 Å². The van der Waals surface area contributed by atoms with Crippen LogP contribution in [0.1, 0.15) is 38.0 Å². The van der Waals surface area contributed by atoms with E-state index < -0.39 is 0 Å². The van der Waals surface area contributed by atoms with E-state index in [1.165, 1.54) is 32.1 Å². The van der Waals surface area contributed by atoms with Crippen LogP contribution in [0.25, 0.3) is 0 Å².